The molecule has 1 aromatic rings. The van der Waals surface area contributed by atoms with Gasteiger partial charge in [-0.25, -0.2) is 4.39 Å². The van der Waals surface area contributed by atoms with Gasteiger partial charge in [-0.3, -0.25) is 14.5 Å². The fourth-order valence-electron chi connectivity index (χ4n) is 3.30. The summed E-state index contributed by atoms with van der Waals surface area (Å²) < 4.78 is 13.3. The van der Waals surface area contributed by atoms with Gasteiger partial charge < -0.3 is 10.2 Å². The molecule has 138 valence electrons. The van der Waals surface area contributed by atoms with Crippen LogP contribution in [0.25, 0.3) is 0 Å². The lowest BCUT2D eigenvalue weighted by molar-refractivity contribution is -0.134. The summed E-state index contributed by atoms with van der Waals surface area (Å²) in [5.74, 6) is -0.472. The van der Waals surface area contributed by atoms with Gasteiger partial charge in [0, 0.05) is 26.2 Å². The normalized spacial score (nSPS) is 18.0. The maximum absolute atomic E-state index is 13.3. The van der Waals surface area contributed by atoms with Gasteiger partial charge in [-0.05, 0) is 50.9 Å². The molecule has 1 fully saturated rings. The van der Waals surface area contributed by atoms with Crippen LogP contribution in [-0.4, -0.2) is 54.3 Å². The van der Waals surface area contributed by atoms with Crippen molar-refractivity contribution in [1.29, 1.82) is 0 Å². The quantitative estimate of drug-likeness (QED) is 0.819. The van der Waals surface area contributed by atoms with Gasteiger partial charge in [-0.15, -0.1) is 0 Å². The van der Waals surface area contributed by atoms with Gasteiger partial charge in [0.2, 0.25) is 11.8 Å². The Balaban J connectivity index is 1.83. The molecule has 0 aromatic heterocycles. The Labute approximate surface area is 149 Å². The van der Waals surface area contributed by atoms with Crippen molar-refractivity contribution in [2.24, 2.45) is 5.92 Å². The summed E-state index contributed by atoms with van der Waals surface area (Å²) >= 11 is 0. The number of halogens is 1. The molecule has 6 heteroatoms. The molecule has 0 spiro atoms. The molecule has 1 unspecified atom stereocenters. The zero-order valence-electron chi connectivity index (χ0n) is 15.1. The van der Waals surface area contributed by atoms with E-state index in [0.717, 1.165) is 24.9 Å². The molecule has 0 saturated carbocycles. The van der Waals surface area contributed by atoms with E-state index in [4.69, 9.17) is 0 Å². The smallest absolute Gasteiger partial charge is 0.241 e. The van der Waals surface area contributed by atoms with E-state index in [1.807, 2.05) is 19.9 Å². The summed E-state index contributed by atoms with van der Waals surface area (Å²) in [6, 6.07) is 6.57. The second-order valence-electron chi connectivity index (χ2n) is 6.49. The van der Waals surface area contributed by atoms with Gasteiger partial charge in [0.25, 0.3) is 0 Å². The molecular weight excluding hydrogens is 321 g/mol. The maximum atomic E-state index is 13.3. The molecule has 2 amide bonds. The average Bonchev–Trinajstić information content (AvgIpc) is 2.61. The van der Waals surface area contributed by atoms with E-state index in [1.165, 1.54) is 12.1 Å². The van der Waals surface area contributed by atoms with Crippen molar-refractivity contribution in [3.63, 3.8) is 0 Å². The van der Waals surface area contributed by atoms with Crippen LogP contribution in [0, 0.1) is 11.7 Å². The number of piperidine rings is 1. The number of hydrogen-bond acceptors (Lipinski definition) is 3. The van der Waals surface area contributed by atoms with Gasteiger partial charge in [-0.2, -0.15) is 0 Å². The van der Waals surface area contributed by atoms with E-state index < -0.39 is 0 Å². The number of nitrogens with zero attached hydrogens (tertiary/aromatic N) is 2. The van der Waals surface area contributed by atoms with Gasteiger partial charge in [0.1, 0.15) is 5.82 Å². The molecule has 0 aliphatic carbocycles. The number of rotatable bonds is 7. The van der Waals surface area contributed by atoms with Crippen molar-refractivity contribution < 1.29 is 14.0 Å². The number of nitrogens with one attached hydrogen (secondary N) is 1. The topological polar surface area (TPSA) is 52.7 Å². The molecule has 5 nitrogen and oxygen atoms in total. The first kappa shape index (κ1) is 19.4. The van der Waals surface area contributed by atoms with Crippen LogP contribution in [0.1, 0.15) is 32.3 Å². The largest absolute Gasteiger partial charge is 0.347 e. The van der Waals surface area contributed by atoms with Crippen LogP contribution in [0.4, 0.5) is 4.39 Å². The number of carbonyl (C=O) groups excluding carboxylic acids is 2. The number of benzene rings is 1. The highest BCUT2D eigenvalue weighted by atomic mass is 19.1. The van der Waals surface area contributed by atoms with E-state index in [-0.39, 0.29) is 30.1 Å². The van der Waals surface area contributed by atoms with Crippen LogP contribution >= 0.6 is 0 Å². The van der Waals surface area contributed by atoms with Crippen molar-refractivity contribution in [3.8, 4) is 0 Å². The van der Waals surface area contributed by atoms with Crippen molar-refractivity contribution in [3.05, 3.63) is 35.6 Å². The minimum Gasteiger partial charge on any atom is -0.347 e. The Morgan fingerprint density at radius 1 is 1.32 bits per heavy atom. The first-order valence-electron chi connectivity index (χ1n) is 9.05. The van der Waals surface area contributed by atoms with E-state index in [1.54, 1.807) is 11.0 Å². The number of amides is 2. The molecule has 1 aromatic carbocycles. The highest BCUT2D eigenvalue weighted by Crippen LogP contribution is 2.19. The molecule has 1 N–H and O–H groups in total. The van der Waals surface area contributed by atoms with Crippen LogP contribution in [0.15, 0.2) is 24.3 Å². The third-order valence-electron chi connectivity index (χ3n) is 4.70. The number of hydrogen-bond donors (Lipinski definition) is 1. The van der Waals surface area contributed by atoms with Gasteiger partial charge in [0.05, 0.1) is 12.5 Å². The summed E-state index contributed by atoms with van der Waals surface area (Å²) in [5.41, 5.74) is 0.915. The van der Waals surface area contributed by atoms with Crippen LogP contribution in [0.5, 0.6) is 0 Å². The zero-order valence-corrected chi connectivity index (χ0v) is 15.1. The summed E-state index contributed by atoms with van der Waals surface area (Å²) in [4.78, 5) is 28.3. The zero-order chi connectivity index (χ0) is 18.2. The van der Waals surface area contributed by atoms with Crippen molar-refractivity contribution in [2.45, 2.75) is 33.2 Å². The highest BCUT2D eigenvalue weighted by Gasteiger charge is 2.26. The molecule has 2 rings (SSSR count). The lowest BCUT2D eigenvalue weighted by atomic mass is 9.96. The fraction of sp³-hybridized carbons (Fsp3) is 0.579. The molecule has 1 aliphatic rings. The predicted octanol–water partition coefficient (Wildman–Crippen LogP) is 2.02. The summed E-state index contributed by atoms with van der Waals surface area (Å²) in [6.45, 7) is 7.39. The third-order valence-corrected chi connectivity index (χ3v) is 4.70. The van der Waals surface area contributed by atoms with Crippen LogP contribution in [0.3, 0.4) is 0 Å². The molecule has 1 heterocycles. The van der Waals surface area contributed by atoms with Crippen LogP contribution < -0.4 is 5.32 Å². The average molecular weight is 349 g/mol. The molecule has 1 aliphatic heterocycles. The molecule has 1 atom stereocenters. The molecule has 1 saturated heterocycles. The Morgan fingerprint density at radius 2 is 2.08 bits per heavy atom. The lowest BCUT2D eigenvalue weighted by Gasteiger charge is -2.32. The summed E-state index contributed by atoms with van der Waals surface area (Å²) in [5, 5.41) is 2.78. The van der Waals surface area contributed by atoms with E-state index >= 15 is 0 Å². The minimum atomic E-state index is -0.237. The number of likely N-dealkylation sites (N-methyl/N-ethyl adjacent to an activating group) is 1. The van der Waals surface area contributed by atoms with Crippen LogP contribution in [0.2, 0.25) is 0 Å². The number of carbonyl (C=O) groups is 2. The second kappa shape index (κ2) is 9.51. The predicted molar refractivity (Wildman–Crippen MR) is 95.3 cm³/mol. The van der Waals surface area contributed by atoms with E-state index in [0.29, 0.717) is 26.2 Å². The monoisotopic (exact) mass is 349 g/mol. The Morgan fingerprint density at radius 3 is 2.76 bits per heavy atom. The van der Waals surface area contributed by atoms with E-state index in [2.05, 4.69) is 10.2 Å². The fourth-order valence-corrected chi connectivity index (χ4v) is 3.30. The third kappa shape index (κ3) is 5.81. The summed E-state index contributed by atoms with van der Waals surface area (Å²) in [6.07, 6.45) is 1.75. The van der Waals surface area contributed by atoms with Crippen molar-refractivity contribution in [1.82, 2.24) is 15.1 Å². The Kier molecular flexibility index (Phi) is 7.37. The minimum absolute atomic E-state index is 0.0502. The Bertz CT molecular complexity index is 590. The van der Waals surface area contributed by atoms with Crippen molar-refractivity contribution >= 4 is 11.8 Å². The van der Waals surface area contributed by atoms with Crippen molar-refractivity contribution in [2.75, 3.05) is 32.7 Å². The first-order chi connectivity index (χ1) is 12.0. The SMILES string of the molecule is CCN(CC)C(=O)CNC(=O)C1CCCN(Cc2cccc(F)c2)C1. The van der Waals surface area contributed by atoms with Gasteiger partial charge in [0.15, 0.2) is 0 Å². The van der Waals surface area contributed by atoms with Gasteiger partial charge in [-0.1, -0.05) is 12.1 Å². The second-order valence-corrected chi connectivity index (χ2v) is 6.49. The van der Waals surface area contributed by atoms with Crippen LogP contribution in [-0.2, 0) is 16.1 Å². The molecule has 25 heavy (non-hydrogen) atoms. The molecular formula is C19H28FN3O2. The Hall–Kier alpha value is -1.95. The molecule has 0 radical (unpaired) electrons. The van der Waals surface area contributed by atoms with E-state index in [9.17, 15) is 14.0 Å². The number of likely N-dealkylation sites (tertiary alicyclic amines) is 1. The molecule has 0 bridgehead atoms. The standard InChI is InChI=1S/C19H28FN3O2/c1-3-23(4-2)18(24)12-21-19(25)16-8-6-10-22(14-16)13-15-7-5-9-17(20)11-15/h5,7,9,11,16H,3-4,6,8,10,12-14H2,1-2H3,(H,21,25). The maximum Gasteiger partial charge on any atom is 0.241 e. The highest BCUT2D eigenvalue weighted by molar-refractivity contribution is 5.86. The summed E-state index contributed by atoms with van der Waals surface area (Å²) in [7, 11) is 0. The van der Waals surface area contributed by atoms with Gasteiger partial charge >= 0.3 is 0 Å². The lowest BCUT2D eigenvalue weighted by Crippen LogP contribution is -2.46. The first-order valence-corrected chi connectivity index (χ1v) is 9.05.